The van der Waals surface area contributed by atoms with Crippen molar-refractivity contribution >= 4 is 23.7 Å². The van der Waals surface area contributed by atoms with Crippen LogP contribution in [0.15, 0.2) is 60.7 Å². The molecule has 1 heterocycles. The van der Waals surface area contributed by atoms with Crippen LogP contribution in [-0.4, -0.2) is 66.3 Å². The average molecular weight is 405 g/mol. The van der Waals surface area contributed by atoms with E-state index < -0.39 is 6.61 Å². The van der Waals surface area contributed by atoms with Crippen molar-refractivity contribution in [3.05, 3.63) is 82.9 Å². The Kier molecular flexibility index (Phi) is 7.85. The van der Waals surface area contributed by atoms with Gasteiger partial charge in [-0.1, -0.05) is 60.7 Å². The largest absolute Gasteiger partial charge is 0.388 e. The lowest BCUT2D eigenvalue weighted by atomic mass is 10.0. The molecule has 1 aliphatic rings. The van der Waals surface area contributed by atoms with Crippen molar-refractivity contribution in [2.45, 2.75) is 6.54 Å². The first kappa shape index (κ1) is 21.8. The van der Waals surface area contributed by atoms with Crippen molar-refractivity contribution in [1.82, 2.24) is 9.80 Å². The topological polar surface area (TPSA) is 60.9 Å². The van der Waals surface area contributed by atoms with E-state index in [1.807, 2.05) is 48.5 Å². The number of aliphatic hydroxyl groups excluding tert-OH is 1. The molecule has 0 atom stereocenters. The molecule has 2 aromatic rings. The van der Waals surface area contributed by atoms with Gasteiger partial charge in [0.2, 0.25) is 0 Å². The van der Waals surface area contributed by atoms with Crippen LogP contribution < -0.4 is 0 Å². The van der Waals surface area contributed by atoms with Gasteiger partial charge in [-0.2, -0.15) is 0 Å². The fourth-order valence-electron chi connectivity index (χ4n) is 3.37. The van der Waals surface area contributed by atoms with Crippen molar-refractivity contribution < 1.29 is 14.7 Å². The Morgan fingerprint density at radius 1 is 0.900 bits per heavy atom. The Labute approximate surface area is 177 Å². The van der Waals surface area contributed by atoms with Crippen LogP contribution in [0, 0.1) is 0 Å². The molecule has 1 aliphatic heterocycles. The number of carbonyl (C=O) groups excluding carboxylic acids is 2. The van der Waals surface area contributed by atoms with Gasteiger partial charge in [-0.3, -0.25) is 14.5 Å². The molecule has 3 rings (SSSR count). The van der Waals surface area contributed by atoms with Crippen LogP contribution in [0.4, 0.5) is 0 Å². The summed E-state index contributed by atoms with van der Waals surface area (Å²) in [6.45, 7) is 4.43. The van der Waals surface area contributed by atoms with E-state index in [1.54, 1.807) is 18.2 Å². The zero-order chi connectivity index (χ0) is 21.3. The van der Waals surface area contributed by atoms with E-state index in [2.05, 4.69) is 16.8 Å². The molecule has 0 amide bonds. The van der Waals surface area contributed by atoms with E-state index in [0.29, 0.717) is 0 Å². The lowest BCUT2D eigenvalue weighted by Gasteiger charge is -2.32. The second-order valence-corrected chi connectivity index (χ2v) is 7.56. The second kappa shape index (κ2) is 10.8. The van der Waals surface area contributed by atoms with E-state index in [0.717, 1.165) is 55.0 Å². The third-order valence-corrected chi connectivity index (χ3v) is 5.25. The first-order valence-corrected chi connectivity index (χ1v) is 10.2. The number of benzene rings is 2. The van der Waals surface area contributed by atoms with Crippen LogP contribution in [0.25, 0.3) is 12.2 Å². The Hall–Kier alpha value is -2.86. The van der Waals surface area contributed by atoms with Gasteiger partial charge in [-0.15, -0.1) is 0 Å². The molecular weight excluding hydrogens is 376 g/mol. The van der Waals surface area contributed by atoms with Gasteiger partial charge in [-0.25, -0.2) is 0 Å². The Morgan fingerprint density at radius 2 is 1.50 bits per heavy atom. The fourth-order valence-corrected chi connectivity index (χ4v) is 3.37. The maximum absolute atomic E-state index is 12.8. The van der Waals surface area contributed by atoms with Crippen LogP contribution >= 0.6 is 0 Å². The standard InChI is InChI=1S/C25H28N2O3/c1-26-14-16-27(17-15-26)18-22-4-2-3-5-24(22)25(30)13-11-21-8-6-20(7-9-21)10-12-23(29)19-28/h2-13,28H,14-19H2,1H3/b12-10+,13-11+. The van der Waals surface area contributed by atoms with Crippen LogP contribution in [0.3, 0.4) is 0 Å². The van der Waals surface area contributed by atoms with Crippen molar-refractivity contribution in [2.75, 3.05) is 39.8 Å². The summed E-state index contributed by atoms with van der Waals surface area (Å²) in [5, 5.41) is 8.75. The summed E-state index contributed by atoms with van der Waals surface area (Å²) in [6, 6.07) is 15.3. The fraction of sp³-hybridized carbons (Fsp3) is 0.280. The first-order chi connectivity index (χ1) is 14.5. The molecule has 0 spiro atoms. The molecule has 5 nitrogen and oxygen atoms in total. The highest BCUT2D eigenvalue weighted by Gasteiger charge is 2.16. The quantitative estimate of drug-likeness (QED) is 0.542. The summed E-state index contributed by atoms with van der Waals surface area (Å²) < 4.78 is 0. The zero-order valence-corrected chi connectivity index (χ0v) is 17.3. The molecular formula is C25H28N2O3. The van der Waals surface area contributed by atoms with Crippen molar-refractivity contribution in [3.8, 4) is 0 Å². The summed E-state index contributed by atoms with van der Waals surface area (Å²) in [4.78, 5) is 28.7. The zero-order valence-electron chi connectivity index (χ0n) is 17.3. The highest BCUT2D eigenvalue weighted by atomic mass is 16.3. The van der Waals surface area contributed by atoms with Gasteiger partial charge in [0.1, 0.15) is 6.61 Å². The maximum atomic E-state index is 12.8. The van der Waals surface area contributed by atoms with Gasteiger partial charge in [0.05, 0.1) is 0 Å². The molecule has 0 aromatic heterocycles. The molecule has 30 heavy (non-hydrogen) atoms. The lowest BCUT2D eigenvalue weighted by molar-refractivity contribution is -0.117. The highest BCUT2D eigenvalue weighted by molar-refractivity contribution is 6.07. The Morgan fingerprint density at radius 3 is 2.13 bits per heavy atom. The average Bonchev–Trinajstić information content (AvgIpc) is 2.78. The summed E-state index contributed by atoms with van der Waals surface area (Å²) >= 11 is 0. The molecule has 1 N–H and O–H groups in total. The number of ketones is 2. The molecule has 0 bridgehead atoms. The van der Waals surface area contributed by atoms with Gasteiger partial charge >= 0.3 is 0 Å². The number of hydrogen-bond donors (Lipinski definition) is 1. The number of rotatable bonds is 8. The first-order valence-electron chi connectivity index (χ1n) is 10.2. The second-order valence-electron chi connectivity index (χ2n) is 7.56. The third-order valence-electron chi connectivity index (χ3n) is 5.25. The predicted octanol–water partition coefficient (Wildman–Crippen LogP) is 2.90. The number of allylic oxidation sites excluding steroid dienone is 1. The molecule has 1 saturated heterocycles. The highest BCUT2D eigenvalue weighted by Crippen LogP contribution is 2.16. The summed E-state index contributed by atoms with van der Waals surface area (Å²) in [5.41, 5.74) is 3.57. The number of likely N-dealkylation sites (N-methyl/N-ethyl adjacent to an activating group) is 1. The molecule has 0 unspecified atom stereocenters. The van der Waals surface area contributed by atoms with E-state index in [9.17, 15) is 9.59 Å². The number of nitrogens with zero attached hydrogens (tertiary/aromatic N) is 2. The predicted molar refractivity (Wildman–Crippen MR) is 120 cm³/mol. The number of aliphatic hydroxyl groups is 1. The molecule has 1 fully saturated rings. The number of carbonyl (C=O) groups is 2. The SMILES string of the molecule is CN1CCN(Cc2ccccc2C(=O)/C=C/c2ccc(/C=C/C(=O)CO)cc2)CC1. The monoisotopic (exact) mass is 404 g/mol. The van der Waals surface area contributed by atoms with Gasteiger partial charge in [-0.05, 0) is 35.9 Å². The van der Waals surface area contributed by atoms with Crippen molar-refractivity contribution in [1.29, 1.82) is 0 Å². The van der Waals surface area contributed by atoms with Gasteiger partial charge < -0.3 is 10.0 Å². The minimum atomic E-state index is -0.490. The summed E-state index contributed by atoms with van der Waals surface area (Å²) in [6.07, 6.45) is 6.43. The van der Waals surface area contributed by atoms with Crippen molar-refractivity contribution in [2.24, 2.45) is 0 Å². The smallest absolute Gasteiger partial charge is 0.186 e. The van der Waals surface area contributed by atoms with Gasteiger partial charge in [0.25, 0.3) is 0 Å². The van der Waals surface area contributed by atoms with E-state index in [4.69, 9.17) is 5.11 Å². The summed E-state index contributed by atoms with van der Waals surface area (Å²) in [7, 11) is 2.14. The van der Waals surface area contributed by atoms with E-state index in [-0.39, 0.29) is 11.6 Å². The number of hydrogen-bond acceptors (Lipinski definition) is 5. The molecule has 0 radical (unpaired) electrons. The van der Waals surface area contributed by atoms with Crippen LogP contribution in [0.1, 0.15) is 27.0 Å². The molecule has 2 aromatic carbocycles. The van der Waals surface area contributed by atoms with E-state index >= 15 is 0 Å². The minimum absolute atomic E-state index is 0.00255. The van der Waals surface area contributed by atoms with Crippen molar-refractivity contribution in [3.63, 3.8) is 0 Å². The number of piperazine rings is 1. The van der Waals surface area contributed by atoms with Gasteiger partial charge in [0.15, 0.2) is 11.6 Å². The molecule has 156 valence electrons. The van der Waals surface area contributed by atoms with Crippen LogP contribution in [0.5, 0.6) is 0 Å². The molecule has 0 saturated carbocycles. The minimum Gasteiger partial charge on any atom is -0.388 e. The van der Waals surface area contributed by atoms with Crippen LogP contribution in [-0.2, 0) is 11.3 Å². The molecule has 0 aliphatic carbocycles. The summed E-state index contributed by atoms with van der Waals surface area (Å²) in [5.74, 6) is -0.336. The van der Waals surface area contributed by atoms with Gasteiger partial charge in [0, 0.05) is 38.3 Å². The lowest BCUT2D eigenvalue weighted by Crippen LogP contribution is -2.44. The normalized spacial score (nSPS) is 15.8. The van der Waals surface area contributed by atoms with E-state index in [1.165, 1.54) is 6.08 Å². The maximum Gasteiger partial charge on any atom is 0.186 e. The third kappa shape index (κ3) is 6.32. The Balaban J connectivity index is 1.65. The molecule has 5 heteroatoms. The van der Waals surface area contributed by atoms with Crippen LogP contribution in [0.2, 0.25) is 0 Å². The Bertz CT molecular complexity index is 924.